The van der Waals surface area contributed by atoms with E-state index in [1.54, 1.807) is 24.3 Å². The van der Waals surface area contributed by atoms with E-state index >= 15 is 0 Å². The molecule has 1 unspecified atom stereocenters. The zero-order valence-corrected chi connectivity index (χ0v) is 21.5. The van der Waals surface area contributed by atoms with Crippen molar-refractivity contribution in [3.63, 3.8) is 0 Å². The Balaban J connectivity index is 1.63. The standard InChI is InChI=1S/C26H28ClN3O5S/c1-18(31)28-21-9-11-22(12-10-21)30-25(32)17-24(26(30)33)29(16-15-19-5-3-2-4-6-19)36(34,35)23-13-7-20(27)8-14-23/h5,7-14,24H,2-4,6,15-17H2,1H3,(H,28,31). The van der Waals surface area contributed by atoms with Gasteiger partial charge in [-0.3, -0.25) is 14.4 Å². The van der Waals surface area contributed by atoms with E-state index in [-0.39, 0.29) is 23.8 Å². The lowest BCUT2D eigenvalue weighted by atomic mass is 9.97. The monoisotopic (exact) mass is 529 g/mol. The fraction of sp³-hybridized carbons (Fsp3) is 0.346. The molecule has 1 saturated heterocycles. The summed E-state index contributed by atoms with van der Waals surface area (Å²) in [5.74, 6) is -1.32. The number of hydrogen-bond acceptors (Lipinski definition) is 5. The highest BCUT2D eigenvalue weighted by molar-refractivity contribution is 7.89. The molecule has 0 spiro atoms. The molecule has 2 aromatic carbocycles. The predicted octanol–water partition coefficient (Wildman–Crippen LogP) is 4.51. The van der Waals surface area contributed by atoms with Crippen LogP contribution in [0.15, 0.2) is 65.1 Å². The van der Waals surface area contributed by atoms with Crippen molar-refractivity contribution in [2.75, 3.05) is 16.8 Å². The number of carbonyl (C=O) groups excluding carboxylic acids is 3. The number of carbonyl (C=O) groups is 3. The first kappa shape index (κ1) is 26.1. The number of amides is 3. The number of imide groups is 1. The molecule has 1 heterocycles. The van der Waals surface area contributed by atoms with Crippen LogP contribution in [0.1, 0.15) is 45.4 Å². The molecule has 1 aliphatic carbocycles. The Morgan fingerprint density at radius 2 is 1.78 bits per heavy atom. The molecular weight excluding hydrogens is 502 g/mol. The Kier molecular flexibility index (Phi) is 7.92. The van der Waals surface area contributed by atoms with E-state index in [0.29, 0.717) is 22.8 Å². The van der Waals surface area contributed by atoms with Gasteiger partial charge in [0.1, 0.15) is 6.04 Å². The third-order valence-corrected chi connectivity index (χ3v) is 8.55. The molecule has 0 saturated carbocycles. The molecule has 2 aliphatic rings. The molecule has 2 aromatic rings. The first-order chi connectivity index (χ1) is 17.2. The van der Waals surface area contributed by atoms with E-state index in [0.717, 1.165) is 34.9 Å². The van der Waals surface area contributed by atoms with Crippen LogP contribution in [0.25, 0.3) is 0 Å². The zero-order valence-electron chi connectivity index (χ0n) is 19.9. The number of nitrogens with one attached hydrogen (secondary N) is 1. The fourth-order valence-electron chi connectivity index (χ4n) is 4.58. The highest BCUT2D eigenvalue weighted by atomic mass is 35.5. The van der Waals surface area contributed by atoms with Crippen molar-refractivity contribution in [1.82, 2.24) is 4.31 Å². The predicted molar refractivity (Wildman–Crippen MR) is 138 cm³/mol. The topological polar surface area (TPSA) is 104 Å². The van der Waals surface area contributed by atoms with Crippen LogP contribution in [0.3, 0.4) is 0 Å². The minimum Gasteiger partial charge on any atom is -0.326 e. The van der Waals surface area contributed by atoms with Crippen LogP contribution < -0.4 is 10.2 Å². The highest BCUT2D eigenvalue weighted by Crippen LogP contribution is 2.31. The van der Waals surface area contributed by atoms with Crippen molar-refractivity contribution in [2.45, 2.75) is 56.4 Å². The SMILES string of the molecule is CC(=O)Nc1ccc(N2C(=O)CC(N(CCC3=CCCCC3)S(=O)(=O)c3ccc(Cl)cc3)C2=O)cc1. The smallest absolute Gasteiger partial charge is 0.252 e. The molecule has 1 aliphatic heterocycles. The van der Waals surface area contributed by atoms with Gasteiger partial charge < -0.3 is 5.32 Å². The summed E-state index contributed by atoms with van der Waals surface area (Å²) in [5, 5.41) is 3.03. The van der Waals surface area contributed by atoms with Crippen molar-refractivity contribution in [2.24, 2.45) is 0 Å². The second-order valence-electron chi connectivity index (χ2n) is 8.94. The van der Waals surface area contributed by atoms with Crippen LogP contribution >= 0.6 is 11.6 Å². The second-order valence-corrected chi connectivity index (χ2v) is 11.3. The van der Waals surface area contributed by atoms with Crippen molar-refractivity contribution >= 4 is 50.7 Å². The van der Waals surface area contributed by atoms with Crippen molar-refractivity contribution < 1.29 is 22.8 Å². The average Bonchev–Trinajstić information content (AvgIpc) is 3.13. The molecule has 190 valence electrons. The number of anilines is 2. The number of rotatable bonds is 8. The minimum atomic E-state index is -4.08. The maximum atomic E-state index is 13.7. The summed E-state index contributed by atoms with van der Waals surface area (Å²) in [5.41, 5.74) is 2.01. The van der Waals surface area contributed by atoms with E-state index in [9.17, 15) is 22.8 Å². The summed E-state index contributed by atoms with van der Waals surface area (Å²) < 4.78 is 28.5. The number of nitrogens with zero attached hydrogens (tertiary/aromatic N) is 2. The van der Waals surface area contributed by atoms with Crippen LogP contribution in [-0.4, -0.2) is 43.0 Å². The molecule has 0 bridgehead atoms. The first-order valence-electron chi connectivity index (χ1n) is 11.9. The molecule has 36 heavy (non-hydrogen) atoms. The van der Waals surface area contributed by atoms with E-state index in [1.807, 2.05) is 0 Å². The van der Waals surface area contributed by atoms with Gasteiger partial charge >= 0.3 is 0 Å². The van der Waals surface area contributed by atoms with E-state index in [4.69, 9.17) is 11.6 Å². The van der Waals surface area contributed by atoms with Crippen LogP contribution in [0.2, 0.25) is 5.02 Å². The number of halogens is 1. The normalized spacial score (nSPS) is 18.5. The Hall–Kier alpha value is -3.01. The van der Waals surface area contributed by atoms with Gasteiger partial charge in [-0.05, 0) is 80.6 Å². The summed E-state index contributed by atoms with van der Waals surface area (Å²) >= 11 is 5.95. The molecule has 0 aromatic heterocycles. The first-order valence-corrected chi connectivity index (χ1v) is 13.7. The molecule has 10 heteroatoms. The molecular formula is C26H28ClN3O5S. The summed E-state index contributed by atoms with van der Waals surface area (Å²) in [4.78, 5) is 38.8. The van der Waals surface area contributed by atoms with Crippen LogP contribution in [0.5, 0.6) is 0 Å². The lowest BCUT2D eigenvalue weighted by Crippen LogP contribution is -2.46. The molecule has 3 amide bonds. The number of benzene rings is 2. The molecule has 4 rings (SSSR count). The maximum absolute atomic E-state index is 13.7. The van der Waals surface area contributed by atoms with Crippen LogP contribution in [0, 0.1) is 0 Å². The van der Waals surface area contributed by atoms with Gasteiger partial charge in [-0.2, -0.15) is 4.31 Å². The molecule has 1 N–H and O–H groups in total. The van der Waals surface area contributed by atoms with Crippen LogP contribution in [0.4, 0.5) is 11.4 Å². The van der Waals surface area contributed by atoms with Gasteiger partial charge in [0.25, 0.3) is 5.91 Å². The quantitative estimate of drug-likeness (QED) is 0.400. The van der Waals surface area contributed by atoms with E-state index in [2.05, 4.69) is 11.4 Å². The Morgan fingerprint density at radius 3 is 2.39 bits per heavy atom. The van der Waals surface area contributed by atoms with Gasteiger partial charge in [0.2, 0.25) is 21.8 Å². The summed E-state index contributed by atoms with van der Waals surface area (Å²) in [6, 6.07) is 10.9. The summed E-state index contributed by atoms with van der Waals surface area (Å²) in [6.45, 7) is 1.47. The number of allylic oxidation sites excluding steroid dienone is 1. The van der Waals surface area contributed by atoms with Gasteiger partial charge in [-0.15, -0.1) is 0 Å². The Morgan fingerprint density at radius 1 is 1.08 bits per heavy atom. The fourth-order valence-corrected chi connectivity index (χ4v) is 6.29. The van der Waals surface area contributed by atoms with Gasteiger partial charge in [-0.1, -0.05) is 23.3 Å². The largest absolute Gasteiger partial charge is 0.326 e. The van der Waals surface area contributed by atoms with Crippen molar-refractivity contribution in [3.8, 4) is 0 Å². The van der Waals surface area contributed by atoms with E-state index in [1.165, 1.54) is 36.8 Å². The molecule has 1 atom stereocenters. The maximum Gasteiger partial charge on any atom is 0.252 e. The average molecular weight is 530 g/mol. The molecule has 0 radical (unpaired) electrons. The third-order valence-electron chi connectivity index (χ3n) is 6.37. The van der Waals surface area contributed by atoms with Crippen molar-refractivity contribution in [1.29, 1.82) is 0 Å². The lowest BCUT2D eigenvalue weighted by molar-refractivity contribution is -0.122. The Bertz CT molecular complexity index is 1290. The second kappa shape index (κ2) is 10.9. The summed E-state index contributed by atoms with van der Waals surface area (Å²) in [7, 11) is -4.08. The van der Waals surface area contributed by atoms with Crippen LogP contribution in [-0.2, 0) is 24.4 Å². The third kappa shape index (κ3) is 5.69. The van der Waals surface area contributed by atoms with Gasteiger partial charge in [0.15, 0.2) is 0 Å². The lowest BCUT2D eigenvalue weighted by Gasteiger charge is -2.28. The van der Waals surface area contributed by atoms with Gasteiger partial charge in [0, 0.05) is 24.2 Å². The van der Waals surface area contributed by atoms with Gasteiger partial charge in [0.05, 0.1) is 17.0 Å². The number of hydrogen-bond donors (Lipinski definition) is 1. The highest BCUT2D eigenvalue weighted by Gasteiger charge is 2.46. The summed E-state index contributed by atoms with van der Waals surface area (Å²) in [6.07, 6.45) is 6.41. The minimum absolute atomic E-state index is 0.0166. The van der Waals surface area contributed by atoms with Gasteiger partial charge in [-0.25, -0.2) is 13.3 Å². The Labute approximate surface area is 216 Å². The van der Waals surface area contributed by atoms with Crippen molar-refractivity contribution in [3.05, 3.63) is 65.2 Å². The van der Waals surface area contributed by atoms with E-state index < -0.39 is 27.9 Å². The molecule has 1 fully saturated rings. The molecule has 8 nitrogen and oxygen atoms in total. The zero-order chi connectivity index (χ0) is 25.9. The number of sulfonamides is 1.